The molecule has 1 aromatic carbocycles. The van der Waals surface area contributed by atoms with Crippen LogP contribution in [-0.2, 0) is 6.42 Å². The van der Waals surface area contributed by atoms with Crippen molar-refractivity contribution in [3.05, 3.63) is 50.4 Å². The fourth-order valence-electron chi connectivity index (χ4n) is 1.62. The average Bonchev–Trinajstić information content (AvgIpc) is 2.82. The second-order valence-corrected chi connectivity index (χ2v) is 5.64. The van der Waals surface area contributed by atoms with Gasteiger partial charge in [0.2, 0.25) is 0 Å². The summed E-state index contributed by atoms with van der Waals surface area (Å²) >= 11 is 4.78. The fourth-order valence-corrected chi connectivity index (χ4v) is 2.87. The average molecular weight is 331 g/mol. The molecule has 1 unspecified atom stereocenters. The number of halogens is 2. The van der Waals surface area contributed by atoms with Crippen LogP contribution < -0.4 is 4.74 Å². The number of aliphatic hydroxyl groups excluding tert-OH is 1. The van der Waals surface area contributed by atoms with Crippen LogP contribution in [0.2, 0.25) is 0 Å². The van der Waals surface area contributed by atoms with Gasteiger partial charge in [-0.15, -0.1) is 11.3 Å². The molecule has 0 fully saturated rings. The van der Waals surface area contributed by atoms with Gasteiger partial charge in [-0.2, -0.15) is 0 Å². The summed E-state index contributed by atoms with van der Waals surface area (Å²) in [6, 6.07) is 6.25. The number of methoxy groups -OCH3 is 1. The zero-order chi connectivity index (χ0) is 13.1. The van der Waals surface area contributed by atoms with Crippen molar-refractivity contribution < 1.29 is 14.2 Å². The zero-order valence-electron chi connectivity index (χ0n) is 9.69. The maximum Gasteiger partial charge on any atom is 0.129 e. The number of hydrogen-bond acceptors (Lipinski definition) is 3. The molecule has 0 saturated carbocycles. The van der Waals surface area contributed by atoms with Crippen LogP contribution >= 0.6 is 27.3 Å². The van der Waals surface area contributed by atoms with Crippen LogP contribution in [-0.4, -0.2) is 12.2 Å². The molecule has 0 bridgehead atoms. The Bertz CT molecular complexity index is 542. The summed E-state index contributed by atoms with van der Waals surface area (Å²) in [7, 11) is 1.58. The van der Waals surface area contributed by atoms with E-state index in [0.717, 1.165) is 20.7 Å². The minimum Gasteiger partial charge on any atom is -0.496 e. The Kier molecular flexibility index (Phi) is 4.37. The minimum atomic E-state index is -0.656. The van der Waals surface area contributed by atoms with Gasteiger partial charge in [-0.25, -0.2) is 4.39 Å². The van der Waals surface area contributed by atoms with E-state index in [-0.39, 0.29) is 5.82 Å². The Labute approximate surface area is 117 Å². The molecule has 0 spiro atoms. The number of aliphatic hydroxyl groups is 1. The van der Waals surface area contributed by atoms with E-state index >= 15 is 0 Å². The van der Waals surface area contributed by atoms with E-state index in [4.69, 9.17) is 4.74 Å². The maximum absolute atomic E-state index is 13.1. The summed E-state index contributed by atoms with van der Waals surface area (Å²) in [5.41, 5.74) is 0.745. The van der Waals surface area contributed by atoms with Crippen molar-refractivity contribution in [1.82, 2.24) is 0 Å². The normalized spacial score (nSPS) is 12.4. The van der Waals surface area contributed by atoms with Crippen molar-refractivity contribution in [2.45, 2.75) is 12.5 Å². The van der Waals surface area contributed by atoms with Gasteiger partial charge in [-0.05, 0) is 29.8 Å². The molecule has 2 rings (SSSR count). The van der Waals surface area contributed by atoms with E-state index in [2.05, 4.69) is 15.9 Å². The quantitative estimate of drug-likeness (QED) is 0.920. The van der Waals surface area contributed by atoms with Gasteiger partial charge in [0.15, 0.2) is 0 Å². The molecular weight excluding hydrogens is 319 g/mol. The van der Waals surface area contributed by atoms with Crippen LogP contribution in [0.4, 0.5) is 4.39 Å². The van der Waals surface area contributed by atoms with Crippen LogP contribution in [0.1, 0.15) is 16.5 Å². The molecule has 96 valence electrons. The molecule has 2 nitrogen and oxygen atoms in total. The molecule has 1 aromatic heterocycles. The Balaban J connectivity index is 2.15. The molecule has 0 aliphatic rings. The van der Waals surface area contributed by atoms with E-state index in [1.54, 1.807) is 19.2 Å². The summed E-state index contributed by atoms with van der Waals surface area (Å²) in [5.74, 6) is 0.427. The molecule has 1 atom stereocenters. The highest BCUT2D eigenvalue weighted by Gasteiger charge is 2.14. The third-order valence-electron chi connectivity index (χ3n) is 2.58. The van der Waals surface area contributed by atoms with Gasteiger partial charge in [0.1, 0.15) is 11.6 Å². The van der Waals surface area contributed by atoms with Crippen molar-refractivity contribution >= 4 is 27.3 Å². The molecule has 0 radical (unpaired) electrons. The van der Waals surface area contributed by atoms with Gasteiger partial charge in [0.05, 0.1) is 13.2 Å². The van der Waals surface area contributed by atoms with Gasteiger partial charge in [0.25, 0.3) is 0 Å². The Hall–Kier alpha value is -0.910. The summed E-state index contributed by atoms with van der Waals surface area (Å²) in [5, 5.41) is 11.9. The van der Waals surface area contributed by atoms with Crippen molar-refractivity contribution in [3.63, 3.8) is 0 Å². The lowest BCUT2D eigenvalue weighted by molar-refractivity contribution is 0.181. The first-order valence-electron chi connectivity index (χ1n) is 5.34. The minimum absolute atomic E-state index is 0.302. The maximum atomic E-state index is 13.1. The SMILES string of the molecule is COc1csc(C(O)Cc2cc(F)ccc2Br)c1. The topological polar surface area (TPSA) is 29.5 Å². The lowest BCUT2D eigenvalue weighted by Gasteiger charge is -2.10. The van der Waals surface area contributed by atoms with E-state index in [0.29, 0.717) is 6.42 Å². The van der Waals surface area contributed by atoms with Crippen LogP contribution in [0.5, 0.6) is 5.75 Å². The van der Waals surface area contributed by atoms with E-state index in [9.17, 15) is 9.50 Å². The molecule has 1 N–H and O–H groups in total. The van der Waals surface area contributed by atoms with Crippen molar-refractivity contribution in [1.29, 1.82) is 0 Å². The van der Waals surface area contributed by atoms with Gasteiger partial charge >= 0.3 is 0 Å². The molecule has 0 amide bonds. The van der Waals surface area contributed by atoms with E-state index < -0.39 is 6.10 Å². The standard InChI is InChI=1S/C13H12BrFO2S/c1-17-10-6-13(18-7-10)12(16)5-8-4-9(15)2-3-11(8)14/h2-4,6-7,12,16H,5H2,1H3. The first-order valence-corrected chi connectivity index (χ1v) is 7.02. The van der Waals surface area contributed by atoms with Gasteiger partial charge in [-0.1, -0.05) is 15.9 Å². The molecular formula is C13H12BrFO2S. The fraction of sp³-hybridized carbons (Fsp3) is 0.231. The number of rotatable bonds is 4. The zero-order valence-corrected chi connectivity index (χ0v) is 12.1. The highest BCUT2D eigenvalue weighted by Crippen LogP contribution is 2.30. The second-order valence-electron chi connectivity index (χ2n) is 3.84. The monoisotopic (exact) mass is 330 g/mol. The van der Waals surface area contributed by atoms with Crippen LogP contribution in [0.25, 0.3) is 0 Å². The summed E-state index contributed by atoms with van der Waals surface area (Å²) < 4.78 is 19.0. The summed E-state index contributed by atoms with van der Waals surface area (Å²) in [6.07, 6.45) is -0.292. The Morgan fingerprint density at radius 3 is 2.89 bits per heavy atom. The van der Waals surface area contributed by atoms with Crippen LogP contribution in [0, 0.1) is 5.82 Å². The lowest BCUT2D eigenvalue weighted by atomic mass is 10.1. The third-order valence-corrected chi connectivity index (χ3v) is 4.37. The molecule has 5 heteroatoms. The highest BCUT2D eigenvalue weighted by atomic mass is 79.9. The number of hydrogen-bond donors (Lipinski definition) is 1. The smallest absolute Gasteiger partial charge is 0.129 e. The largest absolute Gasteiger partial charge is 0.496 e. The predicted molar refractivity (Wildman–Crippen MR) is 73.6 cm³/mol. The van der Waals surface area contributed by atoms with E-state index in [1.165, 1.54) is 23.5 Å². The molecule has 2 aromatic rings. The lowest BCUT2D eigenvalue weighted by Crippen LogP contribution is -2.00. The first kappa shape index (κ1) is 13.5. The number of benzene rings is 1. The van der Waals surface area contributed by atoms with E-state index in [1.807, 2.05) is 5.38 Å². The second kappa shape index (κ2) is 5.82. The molecule has 0 saturated heterocycles. The predicted octanol–water partition coefficient (Wildman–Crippen LogP) is 3.93. The van der Waals surface area contributed by atoms with Crippen LogP contribution in [0.3, 0.4) is 0 Å². The van der Waals surface area contributed by atoms with Crippen molar-refractivity contribution in [2.75, 3.05) is 7.11 Å². The number of ether oxygens (including phenoxy) is 1. The molecule has 18 heavy (non-hydrogen) atoms. The molecule has 0 aliphatic heterocycles. The van der Waals surface area contributed by atoms with Gasteiger partial charge < -0.3 is 9.84 Å². The number of thiophene rings is 1. The molecule has 1 heterocycles. The van der Waals surface area contributed by atoms with Crippen molar-refractivity contribution in [3.8, 4) is 5.75 Å². The molecule has 0 aliphatic carbocycles. The Morgan fingerprint density at radius 2 is 2.22 bits per heavy atom. The first-order chi connectivity index (χ1) is 8.60. The van der Waals surface area contributed by atoms with Gasteiger partial charge in [0, 0.05) is 21.2 Å². The highest BCUT2D eigenvalue weighted by molar-refractivity contribution is 9.10. The van der Waals surface area contributed by atoms with Crippen molar-refractivity contribution in [2.24, 2.45) is 0 Å². The summed E-state index contributed by atoms with van der Waals surface area (Å²) in [4.78, 5) is 0.808. The van der Waals surface area contributed by atoms with Gasteiger partial charge in [-0.3, -0.25) is 0 Å². The Morgan fingerprint density at radius 1 is 1.44 bits per heavy atom. The summed E-state index contributed by atoms with van der Waals surface area (Å²) in [6.45, 7) is 0. The third kappa shape index (κ3) is 3.10. The van der Waals surface area contributed by atoms with Crippen LogP contribution in [0.15, 0.2) is 34.1 Å².